The van der Waals surface area contributed by atoms with Gasteiger partial charge >= 0.3 is 46.2 Å². The number of hydrogen-bond acceptors (Lipinski definition) is 0. The average molecular weight is 480 g/mol. The summed E-state index contributed by atoms with van der Waals surface area (Å²) in [7, 11) is -18.0. The standard InChI is InChI=1S/C4HF9.3BF4/c5-1(6)2(7,8)3(9,10)4(11,12)13;3*2-1(3,4)5/h1H;;;/q;3*-1. The zero-order chi connectivity index (χ0) is 24.6. The molecular formula is C4HB3F21-3. The first-order valence-electron chi connectivity index (χ1n) is 5.17. The molecule has 0 aromatic heterocycles. The minimum Gasteiger partial charge on any atom is -0.418 e. The molecule has 28 heavy (non-hydrogen) atoms. The Morgan fingerprint density at radius 2 is 0.571 bits per heavy atom. The Morgan fingerprint density at radius 1 is 0.429 bits per heavy atom. The van der Waals surface area contributed by atoms with E-state index >= 15 is 0 Å². The summed E-state index contributed by atoms with van der Waals surface area (Å²) in [6, 6.07) is 0. The molecule has 0 fully saturated rings. The highest BCUT2D eigenvalue weighted by Gasteiger charge is 2.76. The fourth-order valence-electron chi connectivity index (χ4n) is 0.326. The first kappa shape index (κ1) is 34.2. The Labute approximate surface area is 139 Å². The molecular weight excluding hydrogens is 479 g/mol. The van der Waals surface area contributed by atoms with Gasteiger partial charge in [-0.2, -0.15) is 30.7 Å². The lowest BCUT2D eigenvalue weighted by Crippen LogP contribution is -2.55. The molecule has 0 heterocycles. The molecule has 0 aliphatic rings. The summed E-state index contributed by atoms with van der Waals surface area (Å²) in [5.41, 5.74) is 0. The van der Waals surface area contributed by atoms with Crippen molar-refractivity contribution in [2.24, 2.45) is 0 Å². The minimum atomic E-state index is -6.73. The SMILES string of the molecule is FC(F)C(F)(F)C(F)(F)C(F)(F)F.F[B-](F)(F)F.F[B-](F)(F)F.F[B-](F)(F)F. The maximum atomic E-state index is 11.6. The average Bonchev–Trinajstić information content (AvgIpc) is 2.18. The number of alkyl halides is 9. The van der Waals surface area contributed by atoms with Gasteiger partial charge in [0.05, 0.1) is 0 Å². The van der Waals surface area contributed by atoms with E-state index < -0.39 is 46.2 Å². The molecule has 0 amide bonds. The van der Waals surface area contributed by atoms with E-state index in [1.54, 1.807) is 0 Å². The lowest BCUT2D eigenvalue weighted by Gasteiger charge is -2.27. The van der Waals surface area contributed by atoms with Gasteiger partial charge in [0, 0.05) is 0 Å². The summed E-state index contributed by atoms with van der Waals surface area (Å²) in [6.45, 7) is 0. The molecule has 0 saturated carbocycles. The van der Waals surface area contributed by atoms with Crippen LogP contribution in [-0.4, -0.2) is 46.2 Å². The fraction of sp³-hybridized carbons (Fsp3) is 1.00. The zero-order valence-electron chi connectivity index (χ0n) is 11.7. The van der Waals surface area contributed by atoms with E-state index in [1.165, 1.54) is 0 Å². The van der Waals surface area contributed by atoms with Crippen LogP contribution in [0.5, 0.6) is 0 Å². The smallest absolute Gasteiger partial charge is 0.418 e. The number of hydrogen-bond donors (Lipinski definition) is 0. The molecule has 0 aromatic rings. The lowest BCUT2D eigenvalue weighted by atomic mass is 10.2. The summed E-state index contributed by atoms with van der Waals surface area (Å²) in [5.74, 6) is -13.1. The van der Waals surface area contributed by atoms with Gasteiger partial charge in [-0.05, 0) is 0 Å². The van der Waals surface area contributed by atoms with Crippen molar-refractivity contribution in [1.29, 1.82) is 0 Å². The van der Waals surface area contributed by atoms with Crippen molar-refractivity contribution in [3.63, 3.8) is 0 Å². The molecule has 0 spiro atoms. The fourth-order valence-corrected chi connectivity index (χ4v) is 0.326. The Kier molecular flexibility index (Phi) is 13.5. The third-order valence-electron chi connectivity index (χ3n) is 1.05. The van der Waals surface area contributed by atoms with E-state index in [1.807, 2.05) is 0 Å². The van der Waals surface area contributed by atoms with Gasteiger partial charge in [-0.15, -0.1) is 0 Å². The molecule has 0 bridgehead atoms. The van der Waals surface area contributed by atoms with Crippen LogP contribution in [0.2, 0.25) is 0 Å². The van der Waals surface area contributed by atoms with Crippen molar-refractivity contribution in [2.75, 3.05) is 0 Å². The Balaban J connectivity index is -0.000000159. The van der Waals surface area contributed by atoms with Crippen LogP contribution in [0.25, 0.3) is 0 Å². The van der Waals surface area contributed by atoms with Crippen LogP contribution in [0.4, 0.5) is 91.3 Å². The van der Waals surface area contributed by atoms with E-state index in [9.17, 15) is 91.3 Å². The van der Waals surface area contributed by atoms with Gasteiger partial charge in [-0.3, -0.25) is 0 Å². The Morgan fingerprint density at radius 3 is 0.607 bits per heavy atom. The van der Waals surface area contributed by atoms with Crippen LogP contribution in [0, 0.1) is 0 Å². The van der Waals surface area contributed by atoms with E-state index in [4.69, 9.17) is 0 Å². The van der Waals surface area contributed by atoms with Crippen LogP contribution < -0.4 is 0 Å². The maximum Gasteiger partial charge on any atom is 0.673 e. The summed E-state index contributed by atoms with van der Waals surface area (Å²) in [4.78, 5) is 0. The van der Waals surface area contributed by atoms with E-state index in [0.717, 1.165) is 0 Å². The van der Waals surface area contributed by atoms with E-state index in [0.29, 0.717) is 0 Å². The van der Waals surface area contributed by atoms with Crippen molar-refractivity contribution in [3.8, 4) is 0 Å². The van der Waals surface area contributed by atoms with Crippen molar-refractivity contribution in [2.45, 2.75) is 24.4 Å². The van der Waals surface area contributed by atoms with Gasteiger partial charge in [0.15, 0.2) is 0 Å². The van der Waals surface area contributed by atoms with Gasteiger partial charge in [-0.1, -0.05) is 0 Å². The third kappa shape index (κ3) is 26.9. The van der Waals surface area contributed by atoms with Gasteiger partial charge in [0.2, 0.25) is 0 Å². The number of halogens is 21. The minimum absolute atomic E-state index is 5.08. The Bertz CT molecular complexity index is 347. The molecule has 0 unspecified atom stereocenters. The molecule has 0 atom stereocenters. The maximum absolute atomic E-state index is 11.6. The largest absolute Gasteiger partial charge is 0.673 e. The molecule has 0 rings (SSSR count). The van der Waals surface area contributed by atoms with Gasteiger partial charge in [-0.25, -0.2) is 8.78 Å². The molecule has 176 valence electrons. The first-order chi connectivity index (χ1) is 11.4. The molecule has 0 aliphatic carbocycles. The van der Waals surface area contributed by atoms with Crippen molar-refractivity contribution in [1.82, 2.24) is 0 Å². The molecule has 0 nitrogen and oxygen atoms in total. The second kappa shape index (κ2) is 11.1. The van der Waals surface area contributed by atoms with Crippen LogP contribution in [-0.2, 0) is 0 Å². The second-order valence-electron chi connectivity index (χ2n) is 3.48. The van der Waals surface area contributed by atoms with E-state index in [2.05, 4.69) is 0 Å². The first-order valence-corrected chi connectivity index (χ1v) is 5.17. The lowest BCUT2D eigenvalue weighted by molar-refractivity contribution is -0.375. The molecule has 0 radical (unpaired) electrons. The van der Waals surface area contributed by atoms with Crippen molar-refractivity contribution >= 4 is 21.8 Å². The van der Waals surface area contributed by atoms with Crippen LogP contribution >= 0.6 is 0 Å². The van der Waals surface area contributed by atoms with Gasteiger partial charge in [0.25, 0.3) is 0 Å². The van der Waals surface area contributed by atoms with Crippen LogP contribution in [0.3, 0.4) is 0 Å². The molecule has 0 aromatic carbocycles. The van der Waals surface area contributed by atoms with E-state index in [-0.39, 0.29) is 0 Å². The topological polar surface area (TPSA) is 0 Å². The monoisotopic (exact) mass is 481 g/mol. The Hall–Kier alpha value is -1.28. The molecule has 0 N–H and O–H groups in total. The quantitative estimate of drug-likeness (QED) is 0.295. The van der Waals surface area contributed by atoms with Crippen molar-refractivity contribution in [3.05, 3.63) is 0 Å². The summed E-state index contributed by atoms with van der Waals surface area (Å²) < 4.78 is 219. The highest BCUT2D eigenvalue weighted by Crippen LogP contribution is 2.48. The van der Waals surface area contributed by atoms with Crippen LogP contribution in [0.15, 0.2) is 0 Å². The third-order valence-corrected chi connectivity index (χ3v) is 1.05. The van der Waals surface area contributed by atoms with Crippen molar-refractivity contribution < 1.29 is 91.3 Å². The highest BCUT2D eigenvalue weighted by atomic mass is 19.5. The van der Waals surface area contributed by atoms with Crippen LogP contribution in [0.1, 0.15) is 0 Å². The predicted molar refractivity (Wildman–Crippen MR) is 52.5 cm³/mol. The summed E-state index contributed by atoms with van der Waals surface area (Å²) in [5, 5.41) is 0. The molecule has 24 heteroatoms. The summed E-state index contributed by atoms with van der Waals surface area (Å²) >= 11 is 0. The number of rotatable bonds is 2. The summed E-state index contributed by atoms with van der Waals surface area (Å²) in [6.07, 6.45) is -11.8. The normalized spacial score (nSPS) is 13.5. The second-order valence-corrected chi connectivity index (χ2v) is 3.48. The van der Waals surface area contributed by atoms with Gasteiger partial charge in [0.1, 0.15) is 0 Å². The zero-order valence-corrected chi connectivity index (χ0v) is 11.7. The van der Waals surface area contributed by atoms with Gasteiger partial charge < -0.3 is 51.8 Å². The highest BCUT2D eigenvalue weighted by molar-refractivity contribution is 6.50. The molecule has 0 saturated heterocycles. The molecule has 0 aliphatic heterocycles. The predicted octanol–water partition coefficient (Wildman–Crippen LogP) is 6.98.